The van der Waals surface area contributed by atoms with E-state index in [1.165, 1.54) is 6.20 Å². The molecule has 0 bridgehead atoms. The molecule has 0 aliphatic rings. The fraction of sp³-hybridized carbons (Fsp3) is 0.222. The Balaban J connectivity index is 1.64. The number of hydrogen-bond acceptors (Lipinski definition) is 4. The summed E-state index contributed by atoms with van der Waals surface area (Å²) in [5.41, 5.74) is 2.90. The summed E-state index contributed by atoms with van der Waals surface area (Å²) in [7, 11) is 0. The molecule has 132 valence electrons. The van der Waals surface area contributed by atoms with Crippen LogP contribution in [0.4, 0.5) is 16.3 Å². The Bertz CT molecular complexity index is 960. The van der Waals surface area contributed by atoms with E-state index in [-0.39, 0.29) is 12.1 Å². The third kappa shape index (κ3) is 3.72. The number of aryl methyl sites for hydroxylation is 1. The molecule has 2 heterocycles. The van der Waals surface area contributed by atoms with E-state index in [9.17, 15) is 4.79 Å². The van der Waals surface area contributed by atoms with Crippen molar-refractivity contribution in [3.8, 4) is 11.8 Å². The lowest BCUT2D eigenvalue weighted by Gasteiger charge is -2.08. The maximum Gasteiger partial charge on any atom is 0.324 e. The fourth-order valence-electron chi connectivity index (χ4n) is 2.57. The summed E-state index contributed by atoms with van der Waals surface area (Å²) in [5.74, 6) is 0.505. The number of carbonyl (C=O) groups excluding carboxylic acids is 1. The average Bonchev–Trinajstić information content (AvgIpc) is 3.22. The number of rotatable bonds is 4. The SMILES string of the molecule is Cc1cc(NC(=O)Nc2ccc(-n3cc(C#N)cn3)cc2)nn1C(C)C. The number of nitriles is 1. The van der Waals surface area contributed by atoms with Crippen molar-refractivity contribution in [3.63, 3.8) is 0 Å². The predicted molar refractivity (Wildman–Crippen MR) is 98.3 cm³/mol. The van der Waals surface area contributed by atoms with Gasteiger partial charge in [-0.1, -0.05) is 0 Å². The van der Waals surface area contributed by atoms with Gasteiger partial charge >= 0.3 is 6.03 Å². The summed E-state index contributed by atoms with van der Waals surface area (Å²) in [6.07, 6.45) is 3.14. The summed E-state index contributed by atoms with van der Waals surface area (Å²) in [4.78, 5) is 12.1. The molecule has 0 atom stereocenters. The molecule has 3 aromatic rings. The molecule has 0 radical (unpaired) electrons. The summed E-state index contributed by atoms with van der Waals surface area (Å²) in [6, 6.07) is 10.9. The van der Waals surface area contributed by atoms with E-state index < -0.39 is 0 Å². The van der Waals surface area contributed by atoms with Crippen molar-refractivity contribution in [1.29, 1.82) is 5.26 Å². The number of nitrogens with zero attached hydrogens (tertiary/aromatic N) is 5. The second-order valence-electron chi connectivity index (χ2n) is 6.12. The van der Waals surface area contributed by atoms with Crippen LogP contribution in [0.3, 0.4) is 0 Å². The average molecular weight is 349 g/mol. The number of benzene rings is 1. The quantitative estimate of drug-likeness (QED) is 0.753. The fourth-order valence-corrected chi connectivity index (χ4v) is 2.57. The van der Waals surface area contributed by atoms with Crippen molar-refractivity contribution in [1.82, 2.24) is 19.6 Å². The van der Waals surface area contributed by atoms with E-state index >= 15 is 0 Å². The first-order valence-corrected chi connectivity index (χ1v) is 8.15. The van der Waals surface area contributed by atoms with Crippen LogP contribution in [-0.4, -0.2) is 25.6 Å². The van der Waals surface area contributed by atoms with Crippen molar-refractivity contribution >= 4 is 17.5 Å². The van der Waals surface area contributed by atoms with Gasteiger partial charge in [0.1, 0.15) is 6.07 Å². The molecule has 0 fully saturated rings. The second kappa shape index (κ2) is 7.11. The Morgan fingerprint density at radius 3 is 2.54 bits per heavy atom. The molecule has 26 heavy (non-hydrogen) atoms. The van der Waals surface area contributed by atoms with Gasteiger partial charge in [0.2, 0.25) is 0 Å². The van der Waals surface area contributed by atoms with Crippen LogP contribution in [0.25, 0.3) is 5.69 Å². The normalized spacial score (nSPS) is 10.6. The molecule has 8 nitrogen and oxygen atoms in total. The summed E-state index contributed by atoms with van der Waals surface area (Å²) >= 11 is 0. The maximum absolute atomic E-state index is 12.1. The molecule has 2 amide bonds. The van der Waals surface area contributed by atoms with Crippen LogP contribution in [0.15, 0.2) is 42.7 Å². The van der Waals surface area contributed by atoms with Crippen LogP contribution in [0.5, 0.6) is 0 Å². The molecule has 0 unspecified atom stereocenters. The summed E-state index contributed by atoms with van der Waals surface area (Å²) < 4.78 is 3.45. The predicted octanol–water partition coefficient (Wildman–Crippen LogP) is 3.47. The van der Waals surface area contributed by atoms with Crippen molar-refractivity contribution in [2.45, 2.75) is 26.8 Å². The van der Waals surface area contributed by atoms with Gasteiger partial charge in [-0.15, -0.1) is 0 Å². The zero-order chi connectivity index (χ0) is 18.7. The molecule has 0 aliphatic carbocycles. The summed E-state index contributed by atoms with van der Waals surface area (Å²) in [5, 5.41) is 22.8. The number of carbonyl (C=O) groups is 1. The maximum atomic E-state index is 12.1. The minimum Gasteiger partial charge on any atom is -0.308 e. The number of aromatic nitrogens is 4. The first-order valence-electron chi connectivity index (χ1n) is 8.15. The molecule has 3 rings (SSSR count). The Morgan fingerprint density at radius 1 is 1.23 bits per heavy atom. The standard InChI is InChI=1S/C18H19N7O/c1-12(2)25-13(3)8-17(23-25)22-18(26)21-15-4-6-16(7-5-15)24-11-14(9-19)10-20-24/h4-8,10-12H,1-3H3,(H2,21,22,23,26). The smallest absolute Gasteiger partial charge is 0.308 e. The molecular formula is C18H19N7O. The number of urea groups is 1. The third-order valence-electron chi connectivity index (χ3n) is 3.75. The van der Waals surface area contributed by atoms with E-state index in [0.29, 0.717) is 17.1 Å². The van der Waals surface area contributed by atoms with E-state index in [1.807, 2.05) is 37.6 Å². The van der Waals surface area contributed by atoms with Crippen LogP contribution in [0.2, 0.25) is 0 Å². The van der Waals surface area contributed by atoms with Crippen LogP contribution < -0.4 is 10.6 Å². The lowest BCUT2D eigenvalue weighted by molar-refractivity contribution is 0.262. The highest BCUT2D eigenvalue weighted by Crippen LogP contribution is 2.16. The highest BCUT2D eigenvalue weighted by molar-refractivity contribution is 5.99. The summed E-state index contributed by atoms with van der Waals surface area (Å²) in [6.45, 7) is 6.01. The molecule has 0 spiro atoms. The highest BCUT2D eigenvalue weighted by Gasteiger charge is 2.10. The zero-order valence-corrected chi connectivity index (χ0v) is 14.8. The largest absolute Gasteiger partial charge is 0.324 e. The molecule has 0 saturated heterocycles. The van der Waals surface area contributed by atoms with Gasteiger partial charge in [0.25, 0.3) is 0 Å². The third-order valence-corrected chi connectivity index (χ3v) is 3.75. The topological polar surface area (TPSA) is 101 Å². The van der Waals surface area contributed by atoms with Crippen molar-refractivity contribution in [3.05, 3.63) is 54.0 Å². The number of nitrogens with one attached hydrogen (secondary N) is 2. The van der Waals surface area contributed by atoms with Crippen LogP contribution in [-0.2, 0) is 0 Å². The van der Waals surface area contributed by atoms with Gasteiger partial charge in [-0.05, 0) is 45.0 Å². The first-order chi connectivity index (χ1) is 12.5. The highest BCUT2D eigenvalue weighted by atomic mass is 16.2. The van der Waals surface area contributed by atoms with Gasteiger partial charge in [0.15, 0.2) is 5.82 Å². The Morgan fingerprint density at radius 2 is 1.96 bits per heavy atom. The number of hydrogen-bond donors (Lipinski definition) is 2. The monoisotopic (exact) mass is 349 g/mol. The molecule has 1 aromatic carbocycles. The van der Waals surface area contributed by atoms with Gasteiger partial charge in [0, 0.05) is 29.7 Å². The van der Waals surface area contributed by atoms with Gasteiger partial charge in [-0.25, -0.2) is 9.48 Å². The minimum atomic E-state index is -0.364. The van der Waals surface area contributed by atoms with Gasteiger partial charge in [0.05, 0.1) is 17.4 Å². The van der Waals surface area contributed by atoms with E-state index in [2.05, 4.69) is 20.8 Å². The van der Waals surface area contributed by atoms with Crippen LogP contribution in [0, 0.1) is 18.3 Å². The number of anilines is 2. The molecule has 2 N–H and O–H groups in total. The molecule has 0 aliphatic heterocycles. The van der Waals surface area contributed by atoms with Crippen molar-refractivity contribution in [2.75, 3.05) is 10.6 Å². The Kier molecular flexibility index (Phi) is 4.71. The van der Waals surface area contributed by atoms with Gasteiger partial charge in [-0.3, -0.25) is 10.00 Å². The van der Waals surface area contributed by atoms with Crippen LogP contribution >= 0.6 is 0 Å². The van der Waals surface area contributed by atoms with Crippen molar-refractivity contribution < 1.29 is 4.79 Å². The van der Waals surface area contributed by atoms with Gasteiger partial charge < -0.3 is 5.32 Å². The molecular weight excluding hydrogens is 330 g/mol. The molecule has 0 saturated carbocycles. The number of amides is 2. The van der Waals surface area contributed by atoms with Gasteiger partial charge in [-0.2, -0.15) is 15.5 Å². The van der Waals surface area contributed by atoms with Crippen molar-refractivity contribution in [2.24, 2.45) is 0 Å². The molecule has 8 heteroatoms. The Labute approximate surface area is 151 Å². The lowest BCUT2D eigenvalue weighted by atomic mass is 10.3. The Hall–Kier alpha value is -3.60. The molecule has 2 aromatic heterocycles. The van der Waals surface area contributed by atoms with E-state index in [1.54, 1.807) is 35.1 Å². The van der Waals surface area contributed by atoms with E-state index in [4.69, 9.17) is 5.26 Å². The first kappa shape index (κ1) is 17.2. The van der Waals surface area contributed by atoms with Crippen LogP contribution in [0.1, 0.15) is 31.1 Å². The second-order valence-corrected chi connectivity index (χ2v) is 6.12. The zero-order valence-electron chi connectivity index (χ0n) is 14.8. The van der Waals surface area contributed by atoms with E-state index in [0.717, 1.165) is 11.4 Å². The minimum absolute atomic E-state index is 0.227. The lowest BCUT2D eigenvalue weighted by Crippen LogP contribution is -2.20.